The van der Waals surface area contributed by atoms with Crippen LogP contribution in [0.1, 0.15) is 31.4 Å². The number of hydrogen-bond acceptors (Lipinski definition) is 5. The highest BCUT2D eigenvalue weighted by molar-refractivity contribution is 5.64. The monoisotopic (exact) mass is 347 g/mol. The van der Waals surface area contributed by atoms with Crippen LogP contribution in [-0.4, -0.2) is 21.0 Å². The van der Waals surface area contributed by atoms with Gasteiger partial charge in [-0.05, 0) is 43.5 Å². The van der Waals surface area contributed by atoms with Crippen LogP contribution in [0, 0.1) is 6.92 Å². The van der Waals surface area contributed by atoms with Gasteiger partial charge in [-0.2, -0.15) is 4.98 Å². The second-order valence-electron chi connectivity index (χ2n) is 6.43. The molecule has 134 valence electrons. The predicted octanol–water partition coefficient (Wildman–Crippen LogP) is 4.67. The van der Waals surface area contributed by atoms with Gasteiger partial charge in [-0.15, -0.1) is 0 Å². The molecule has 3 rings (SSSR count). The number of hydrogen-bond donors (Lipinski definition) is 2. The van der Waals surface area contributed by atoms with Gasteiger partial charge >= 0.3 is 0 Å². The van der Waals surface area contributed by atoms with Gasteiger partial charge in [-0.3, -0.25) is 4.98 Å². The van der Waals surface area contributed by atoms with Gasteiger partial charge < -0.3 is 10.6 Å². The molecule has 2 aromatic heterocycles. The summed E-state index contributed by atoms with van der Waals surface area (Å²) in [5, 5.41) is 6.81. The lowest BCUT2D eigenvalue weighted by Gasteiger charge is -2.15. The molecule has 0 amide bonds. The summed E-state index contributed by atoms with van der Waals surface area (Å²) in [5.41, 5.74) is 4.42. The van der Waals surface area contributed by atoms with Gasteiger partial charge in [0, 0.05) is 36.6 Å². The fraction of sp³-hybridized carbons (Fsp3) is 0.286. The number of anilines is 2. The molecule has 3 aromatic rings. The molecule has 5 heteroatoms. The molecule has 0 saturated carbocycles. The SMILES string of the molecule is CC[C@H](C)Nc1nc(NCc2ccccc2C)cc(-c2ccncc2)n1. The molecule has 2 heterocycles. The minimum Gasteiger partial charge on any atom is -0.366 e. The maximum Gasteiger partial charge on any atom is 0.225 e. The number of nitrogens with zero attached hydrogens (tertiary/aromatic N) is 3. The molecule has 26 heavy (non-hydrogen) atoms. The maximum absolute atomic E-state index is 4.67. The summed E-state index contributed by atoms with van der Waals surface area (Å²) < 4.78 is 0. The van der Waals surface area contributed by atoms with Gasteiger partial charge in [-0.25, -0.2) is 4.98 Å². The van der Waals surface area contributed by atoms with E-state index in [1.807, 2.05) is 18.2 Å². The van der Waals surface area contributed by atoms with Crippen molar-refractivity contribution in [3.63, 3.8) is 0 Å². The van der Waals surface area contributed by atoms with Crippen LogP contribution >= 0.6 is 0 Å². The van der Waals surface area contributed by atoms with Gasteiger partial charge in [0.05, 0.1) is 5.69 Å². The van der Waals surface area contributed by atoms with E-state index in [1.165, 1.54) is 11.1 Å². The van der Waals surface area contributed by atoms with Crippen molar-refractivity contribution in [2.24, 2.45) is 0 Å². The predicted molar refractivity (Wildman–Crippen MR) is 107 cm³/mol. The summed E-state index contributed by atoms with van der Waals surface area (Å²) in [6.45, 7) is 7.11. The Bertz CT molecular complexity index is 848. The standard InChI is InChI=1S/C21H25N5/c1-4-16(3)24-21-25-19(17-9-11-22-12-10-17)13-20(26-21)23-14-18-8-6-5-7-15(18)2/h5-13,16H,4,14H2,1-3H3,(H2,23,24,25,26)/t16-/m0/s1. The van der Waals surface area contributed by atoms with Crippen LogP contribution in [0.4, 0.5) is 11.8 Å². The zero-order chi connectivity index (χ0) is 18.4. The summed E-state index contributed by atoms with van der Waals surface area (Å²) in [4.78, 5) is 13.4. The third-order valence-corrected chi connectivity index (χ3v) is 4.41. The van der Waals surface area contributed by atoms with E-state index < -0.39 is 0 Å². The largest absolute Gasteiger partial charge is 0.366 e. The van der Waals surface area contributed by atoms with E-state index >= 15 is 0 Å². The third kappa shape index (κ3) is 4.57. The van der Waals surface area contributed by atoms with Crippen LogP contribution in [0.5, 0.6) is 0 Å². The van der Waals surface area contributed by atoms with Gasteiger partial charge in [0.1, 0.15) is 5.82 Å². The van der Waals surface area contributed by atoms with Crippen molar-refractivity contribution in [2.45, 2.75) is 39.8 Å². The van der Waals surface area contributed by atoms with Crippen molar-refractivity contribution >= 4 is 11.8 Å². The molecule has 0 spiro atoms. The second kappa shape index (κ2) is 8.43. The van der Waals surface area contributed by atoms with Crippen molar-refractivity contribution in [3.05, 3.63) is 66.0 Å². The van der Waals surface area contributed by atoms with Crippen molar-refractivity contribution < 1.29 is 0 Å². The Balaban J connectivity index is 1.88. The molecule has 0 unspecified atom stereocenters. The van der Waals surface area contributed by atoms with Gasteiger partial charge in [0.2, 0.25) is 5.95 Å². The van der Waals surface area contributed by atoms with Crippen molar-refractivity contribution in [1.82, 2.24) is 15.0 Å². The van der Waals surface area contributed by atoms with E-state index in [9.17, 15) is 0 Å². The number of benzene rings is 1. The molecule has 0 aliphatic rings. The van der Waals surface area contributed by atoms with Crippen molar-refractivity contribution in [2.75, 3.05) is 10.6 Å². The number of rotatable bonds is 7. The van der Waals surface area contributed by atoms with E-state index in [1.54, 1.807) is 12.4 Å². The molecule has 1 aromatic carbocycles. The highest BCUT2D eigenvalue weighted by Gasteiger charge is 2.09. The smallest absolute Gasteiger partial charge is 0.225 e. The average Bonchev–Trinajstić information content (AvgIpc) is 2.68. The molecular weight excluding hydrogens is 322 g/mol. The van der Waals surface area contributed by atoms with Gasteiger partial charge in [0.25, 0.3) is 0 Å². The lowest BCUT2D eigenvalue weighted by atomic mass is 10.1. The molecule has 2 N–H and O–H groups in total. The number of aromatic nitrogens is 3. The van der Waals surface area contributed by atoms with E-state index in [2.05, 4.69) is 70.6 Å². The van der Waals surface area contributed by atoms with Gasteiger partial charge in [0.15, 0.2) is 0 Å². The van der Waals surface area contributed by atoms with Crippen LogP contribution in [0.25, 0.3) is 11.3 Å². The average molecular weight is 347 g/mol. The van der Waals surface area contributed by atoms with Gasteiger partial charge in [-0.1, -0.05) is 31.2 Å². The quantitative estimate of drug-likeness (QED) is 0.650. The van der Waals surface area contributed by atoms with Crippen LogP contribution in [0.2, 0.25) is 0 Å². The normalized spacial score (nSPS) is 11.8. The zero-order valence-electron chi connectivity index (χ0n) is 15.5. The molecule has 0 bridgehead atoms. The van der Waals surface area contributed by atoms with E-state index in [0.717, 1.165) is 30.0 Å². The Kier molecular flexibility index (Phi) is 5.79. The summed E-state index contributed by atoms with van der Waals surface area (Å²) in [7, 11) is 0. The van der Waals surface area contributed by atoms with Crippen LogP contribution in [-0.2, 0) is 6.54 Å². The number of nitrogens with one attached hydrogen (secondary N) is 2. The molecular formula is C21H25N5. The minimum atomic E-state index is 0.312. The highest BCUT2D eigenvalue weighted by Crippen LogP contribution is 2.22. The number of aryl methyl sites for hydroxylation is 1. The summed E-state index contributed by atoms with van der Waals surface area (Å²) in [6.07, 6.45) is 4.56. The summed E-state index contributed by atoms with van der Waals surface area (Å²) in [5.74, 6) is 1.45. The Morgan fingerprint density at radius 2 is 1.81 bits per heavy atom. The first-order valence-corrected chi connectivity index (χ1v) is 9.00. The summed E-state index contributed by atoms with van der Waals surface area (Å²) >= 11 is 0. The van der Waals surface area contributed by atoms with Crippen LogP contribution in [0.15, 0.2) is 54.9 Å². The Morgan fingerprint density at radius 3 is 2.54 bits per heavy atom. The molecule has 0 saturated heterocycles. The summed E-state index contributed by atoms with van der Waals surface area (Å²) in [6, 6.07) is 14.6. The van der Waals surface area contributed by atoms with Crippen molar-refractivity contribution in [3.8, 4) is 11.3 Å². The first-order valence-electron chi connectivity index (χ1n) is 9.00. The van der Waals surface area contributed by atoms with E-state index in [4.69, 9.17) is 0 Å². The lowest BCUT2D eigenvalue weighted by Crippen LogP contribution is -2.16. The second-order valence-corrected chi connectivity index (χ2v) is 6.43. The van der Waals surface area contributed by atoms with E-state index in [-0.39, 0.29) is 0 Å². The van der Waals surface area contributed by atoms with E-state index in [0.29, 0.717) is 12.0 Å². The third-order valence-electron chi connectivity index (χ3n) is 4.41. The highest BCUT2D eigenvalue weighted by atomic mass is 15.2. The first-order chi connectivity index (χ1) is 12.7. The minimum absolute atomic E-state index is 0.312. The molecule has 0 aliphatic heterocycles. The fourth-order valence-electron chi connectivity index (χ4n) is 2.59. The van der Waals surface area contributed by atoms with Crippen LogP contribution in [0.3, 0.4) is 0 Å². The topological polar surface area (TPSA) is 62.7 Å². The lowest BCUT2D eigenvalue weighted by molar-refractivity contribution is 0.753. The zero-order valence-corrected chi connectivity index (χ0v) is 15.5. The maximum atomic E-state index is 4.67. The molecule has 0 aliphatic carbocycles. The molecule has 0 radical (unpaired) electrons. The Labute approximate surface area is 154 Å². The van der Waals surface area contributed by atoms with Crippen LogP contribution < -0.4 is 10.6 Å². The van der Waals surface area contributed by atoms with Crippen molar-refractivity contribution in [1.29, 1.82) is 0 Å². The first kappa shape index (κ1) is 17.9. The Hall–Kier alpha value is -2.95. The molecule has 1 atom stereocenters. The number of pyridine rings is 1. The fourth-order valence-corrected chi connectivity index (χ4v) is 2.59. The molecule has 5 nitrogen and oxygen atoms in total. The Morgan fingerprint density at radius 1 is 1.04 bits per heavy atom. The molecule has 0 fully saturated rings.